The summed E-state index contributed by atoms with van der Waals surface area (Å²) in [7, 11) is 6.72. The number of amides is 1. The summed E-state index contributed by atoms with van der Waals surface area (Å²) < 4.78 is 11.0. The van der Waals surface area contributed by atoms with Crippen LogP contribution in [0.3, 0.4) is 0 Å². The first-order chi connectivity index (χ1) is 17.5. The Balaban J connectivity index is 1.54. The van der Waals surface area contributed by atoms with Crippen molar-refractivity contribution in [1.82, 2.24) is 35.1 Å². The highest BCUT2D eigenvalue weighted by atomic mass is 16.5. The van der Waals surface area contributed by atoms with Gasteiger partial charge in [0.2, 0.25) is 5.82 Å². The van der Waals surface area contributed by atoms with Crippen LogP contribution >= 0.6 is 0 Å². The summed E-state index contributed by atoms with van der Waals surface area (Å²) in [6.07, 6.45) is 2.28. The van der Waals surface area contributed by atoms with Crippen LogP contribution in [-0.4, -0.2) is 62.2 Å². The Kier molecular flexibility index (Phi) is 6.30. The number of hydrogen-bond donors (Lipinski definition) is 1. The Labute approximate surface area is 208 Å². The molecule has 4 aromatic rings. The quantitative estimate of drug-likeness (QED) is 0.401. The zero-order valence-corrected chi connectivity index (χ0v) is 20.5. The minimum Gasteiger partial charge on any atom is -0.494 e. The molecule has 0 spiro atoms. The van der Waals surface area contributed by atoms with Gasteiger partial charge in [-0.1, -0.05) is 6.07 Å². The van der Waals surface area contributed by atoms with E-state index in [1.807, 2.05) is 36.4 Å². The predicted octanol–water partition coefficient (Wildman–Crippen LogP) is 2.74. The van der Waals surface area contributed by atoms with Gasteiger partial charge in [-0.25, -0.2) is 0 Å². The second-order valence-corrected chi connectivity index (χ2v) is 8.52. The van der Waals surface area contributed by atoms with Crippen LogP contribution in [0.2, 0.25) is 0 Å². The number of tetrazole rings is 1. The van der Waals surface area contributed by atoms with E-state index in [0.29, 0.717) is 53.6 Å². The Hall–Kier alpha value is -4.38. The lowest BCUT2D eigenvalue weighted by Crippen LogP contribution is -2.18. The van der Waals surface area contributed by atoms with Crippen LogP contribution in [-0.2, 0) is 31.4 Å². The fraction of sp³-hybridized carbons (Fsp3) is 0.280. The number of aromatic nitrogens is 6. The zero-order chi connectivity index (χ0) is 25.2. The first kappa shape index (κ1) is 23.4. The van der Waals surface area contributed by atoms with E-state index < -0.39 is 0 Å². The van der Waals surface area contributed by atoms with E-state index in [-0.39, 0.29) is 5.91 Å². The standard InChI is InChI=1S/C25H26N8O3/c1-32-13-21-22(25(32)34)20(12-17(27-21)11-16-10-15(14-35-3)8-9-26-16)28-19-7-5-6-18(23(19)36-4)24-29-31-33(2)30-24/h5-10,12H,11,13-14H2,1-4H3,(H,27,28). The van der Waals surface area contributed by atoms with Crippen molar-refractivity contribution in [3.05, 3.63) is 70.8 Å². The first-order valence-electron chi connectivity index (χ1n) is 11.4. The number of carbonyl (C=O) groups is 1. The van der Waals surface area contributed by atoms with E-state index in [0.717, 1.165) is 22.6 Å². The number of methoxy groups -OCH3 is 2. The minimum atomic E-state index is -0.0857. The molecule has 0 saturated heterocycles. The van der Waals surface area contributed by atoms with Crippen molar-refractivity contribution in [2.75, 3.05) is 26.6 Å². The molecule has 3 aromatic heterocycles. The fourth-order valence-electron chi connectivity index (χ4n) is 4.32. The van der Waals surface area contributed by atoms with Crippen molar-refractivity contribution in [1.29, 1.82) is 0 Å². The number of rotatable bonds is 8. The number of benzene rings is 1. The zero-order valence-electron chi connectivity index (χ0n) is 20.5. The van der Waals surface area contributed by atoms with Gasteiger partial charge >= 0.3 is 0 Å². The third kappa shape index (κ3) is 4.48. The SMILES string of the molecule is COCc1ccnc(Cc2cc(Nc3cccc(-c4nnn(C)n4)c3OC)c3c(n2)CN(C)C3=O)c1. The third-order valence-electron chi connectivity index (χ3n) is 5.89. The maximum Gasteiger partial charge on any atom is 0.257 e. The summed E-state index contributed by atoms with van der Waals surface area (Å²) in [5.41, 5.74) is 5.99. The highest BCUT2D eigenvalue weighted by molar-refractivity contribution is 6.03. The fourth-order valence-corrected chi connectivity index (χ4v) is 4.32. The molecule has 0 unspecified atom stereocenters. The van der Waals surface area contributed by atoms with E-state index in [1.165, 1.54) is 4.80 Å². The molecule has 0 radical (unpaired) electrons. The lowest BCUT2D eigenvalue weighted by molar-refractivity contribution is 0.0817. The van der Waals surface area contributed by atoms with Crippen LogP contribution < -0.4 is 10.1 Å². The van der Waals surface area contributed by atoms with E-state index in [1.54, 1.807) is 39.4 Å². The van der Waals surface area contributed by atoms with Crippen LogP contribution in [0.1, 0.15) is 33.0 Å². The molecule has 11 heteroatoms. The van der Waals surface area contributed by atoms with Crippen LogP contribution in [0.4, 0.5) is 11.4 Å². The summed E-state index contributed by atoms with van der Waals surface area (Å²) in [5, 5.41) is 15.7. The van der Waals surface area contributed by atoms with Gasteiger partial charge in [0.1, 0.15) is 0 Å². The van der Waals surface area contributed by atoms with Crippen molar-refractivity contribution in [2.24, 2.45) is 7.05 Å². The van der Waals surface area contributed by atoms with Gasteiger partial charge < -0.3 is 19.7 Å². The molecule has 4 heterocycles. The predicted molar refractivity (Wildman–Crippen MR) is 132 cm³/mol. The molecule has 1 aromatic carbocycles. The van der Waals surface area contributed by atoms with Crippen LogP contribution in [0.5, 0.6) is 5.75 Å². The molecular formula is C25H26N8O3. The van der Waals surface area contributed by atoms with Crippen LogP contribution in [0.15, 0.2) is 42.6 Å². The van der Waals surface area contributed by atoms with Gasteiger partial charge in [0.05, 0.1) is 55.5 Å². The van der Waals surface area contributed by atoms with E-state index in [4.69, 9.17) is 14.5 Å². The molecule has 0 aliphatic carbocycles. The second kappa shape index (κ2) is 9.70. The largest absolute Gasteiger partial charge is 0.494 e. The highest BCUT2D eigenvalue weighted by Gasteiger charge is 2.30. The third-order valence-corrected chi connectivity index (χ3v) is 5.89. The van der Waals surface area contributed by atoms with Crippen LogP contribution in [0.25, 0.3) is 11.4 Å². The monoisotopic (exact) mass is 486 g/mol. The lowest BCUT2D eigenvalue weighted by Gasteiger charge is -2.16. The maximum absolute atomic E-state index is 13.0. The summed E-state index contributed by atoms with van der Waals surface area (Å²) in [4.78, 5) is 25.3. The average molecular weight is 487 g/mol. The van der Waals surface area contributed by atoms with Crippen molar-refractivity contribution in [3.8, 4) is 17.1 Å². The number of ether oxygens (including phenoxy) is 2. The van der Waals surface area contributed by atoms with Gasteiger partial charge in [0.25, 0.3) is 5.91 Å². The molecule has 1 N–H and O–H groups in total. The molecule has 0 atom stereocenters. The summed E-state index contributed by atoms with van der Waals surface area (Å²) in [5.74, 6) is 0.902. The number of aryl methyl sites for hydroxylation is 1. The molecule has 0 saturated carbocycles. The molecular weight excluding hydrogens is 460 g/mol. The number of fused-ring (bicyclic) bond motifs is 1. The highest BCUT2D eigenvalue weighted by Crippen LogP contribution is 2.38. The normalized spacial score (nSPS) is 12.7. The van der Waals surface area contributed by atoms with E-state index in [9.17, 15) is 4.79 Å². The molecule has 5 rings (SSSR count). The van der Waals surface area contributed by atoms with E-state index in [2.05, 4.69) is 25.7 Å². The minimum absolute atomic E-state index is 0.0857. The molecule has 184 valence electrons. The number of hydrogen-bond acceptors (Lipinski definition) is 9. The van der Waals surface area contributed by atoms with Gasteiger partial charge in [0, 0.05) is 38.2 Å². The van der Waals surface area contributed by atoms with Gasteiger partial charge in [0.15, 0.2) is 5.75 Å². The molecule has 0 bridgehead atoms. The van der Waals surface area contributed by atoms with Gasteiger partial charge in [-0.05, 0) is 41.1 Å². The smallest absolute Gasteiger partial charge is 0.257 e. The molecule has 1 aliphatic rings. The lowest BCUT2D eigenvalue weighted by atomic mass is 10.1. The topological polar surface area (TPSA) is 120 Å². The number of carbonyl (C=O) groups excluding carboxylic acids is 1. The summed E-state index contributed by atoms with van der Waals surface area (Å²) in [6.45, 7) is 0.949. The van der Waals surface area contributed by atoms with Crippen LogP contribution in [0, 0.1) is 0 Å². The van der Waals surface area contributed by atoms with Gasteiger partial charge in [-0.3, -0.25) is 14.8 Å². The number of nitrogens with zero attached hydrogens (tertiary/aromatic N) is 7. The van der Waals surface area contributed by atoms with Crippen molar-refractivity contribution in [3.63, 3.8) is 0 Å². The maximum atomic E-state index is 13.0. The molecule has 1 aliphatic heterocycles. The molecule has 1 amide bonds. The van der Waals surface area contributed by atoms with Crippen molar-refractivity contribution >= 4 is 17.3 Å². The molecule has 0 fully saturated rings. The number of nitrogens with one attached hydrogen (secondary N) is 1. The molecule has 36 heavy (non-hydrogen) atoms. The summed E-state index contributed by atoms with van der Waals surface area (Å²) in [6, 6.07) is 11.4. The van der Waals surface area contributed by atoms with E-state index >= 15 is 0 Å². The first-order valence-corrected chi connectivity index (χ1v) is 11.4. The number of para-hydroxylation sites is 1. The Morgan fingerprint density at radius 3 is 2.69 bits per heavy atom. The number of pyridine rings is 2. The van der Waals surface area contributed by atoms with Crippen molar-refractivity contribution < 1.29 is 14.3 Å². The Morgan fingerprint density at radius 2 is 1.94 bits per heavy atom. The Bertz CT molecular complexity index is 1430. The average Bonchev–Trinajstić information content (AvgIpc) is 3.42. The summed E-state index contributed by atoms with van der Waals surface area (Å²) >= 11 is 0. The van der Waals surface area contributed by atoms with Gasteiger partial charge in [-0.15, -0.1) is 10.2 Å². The van der Waals surface area contributed by atoms with Crippen molar-refractivity contribution in [2.45, 2.75) is 19.6 Å². The second-order valence-electron chi connectivity index (χ2n) is 8.52. The van der Waals surface area contributed by atoms with Gasteiger partial charge in [-0.2, -0.15) is 4.80 Å². The Morgan fingerprint density at radius 1 is 1.08 bits per heavy atom. The molecule has 11 nitrogen and oxygen atoms in total. The number of anilines is 2.